The number of piperidine rings is 2. The van der Waals surface area contributed by atoms with Crippen molar-refractivity contribution in [2.24, 2.45) is 5.41 Å². The Morgan fingerprint density at radius 1 is 0.959 bits per heavy atom. The highest BCUT2D eigenvalue weighted by molar-refractivity contribution is 8.01. The van der Waals surface area contributed by atoms with E-state index in [1.807, 2.05) is 39.0 Å². The number of para-hydroxylation sites is 1. The first kappa shape index (κ1) is 35.7. The molecule has 2 aromatic rings. The van der Waals surface area contributed by atoms with Crippen LogP contribution in [0.3, 0.4) is 0 Å². The summed E-state index contributed by atoms with van der Waals surface area (Å²) in [7, 11) is 0. The van der Waals surface area contributed by atoms with Crippen molar-refractivity contribution >= 4 is 35.3 Å². The van der Waals surface area contributed by atoms with Crippen molar-refractivity contribution in [2.45, 2.75) is 108 Å². The zero-order chi connectivity index (χ0) is 34.9. The van der Waals surface area contributed by atoms with E-state index in [9.17, 15) is 14.4 Å². The highest BCUT2D eigenvalue weighted by atomic mass is 32.2. The summed E-state index contributed by atoms with van der Waals surface area (Å²) < 4.78 is 15.8. The maximum Gasteiger partial charge on any atom is 0.322 e. The molecule has 3 saturated heterocycles. The number of likely N-dealkylation sites (tertiary alicyclic amines) is 2. The fourth-order valence-corrected chi connectivity index (χ4v) is 9.51. The molecule has 2 atom stereocenters. The molecule has 0 saturated carbocycles. The van der Waals surface area contributed by atoms with Gasteiger partial charge in [-0.25, -0.2) is 9.18 Å². The topological polar surface area (TPSA) is 76.2 Å². The van der Waals surface area contributed by atoms with Crippen LogP contribution in [0, 0.1) is 11.2 Å². The molecule has 0 unspecified atom stereocenters. The first-order valence-corrected chi connectivity index (χ1v) is 19.3. The fourth-order valence-electron chi connectivity index (χ4n) is 8.00. The average Bonchev–Trinajstić information content (AvgIpc) is 3.27. The summed E-state index contributed by atoms with van der Waals surface area (Å²) in [4.78, 5) is 49.2. The number of anilines is 1. The second kappa shape index (κ2) is 15.0. The van der Waals surface area contributed by atoms with Crippen LogP contribution in [0.2, 0.25) is 0 Å². The number of fused-ring (bicyclic) bond motifs is 1. The van der Waals surface area contributed by atoms with Crippen LogP contribution in [-0.2, 0) is 16.0 Å². The molecule has 4 aliphatic rings. The molecule has 0 spiro atoms. The molecular weight excluding hydrogens is 638 g/mol. The molecule has 49 heavy (non-hydrogen) atoms. The molecule has 0 radical (unpaired) electrons. The minimum Gasteiger partial charge on any atom is -0.342 e. The van der Waals surface area contributed by atoms with Crippen LogP contribution < -0.4 is 5.32 Å². The lowest BCUT2D eigenvalue weighted by Gasteiger charge is -2.38. The van der Waals surface area contributed by atoms with Gasteiger partial charge < -0.3 is 24.9 Å². The minimum atomic E-state index is -0.510. The van der Waals surface area contributed by atoms with Crippen molar-refractivity contribution in [3.8, 4) is 0 Å². The number of benzene rings is 2. The number of nitrogens with zero attached hydrogens (tertiary/aromatic N) is 4. The quantitative estimate of drug-likeness (QED) is 0.316. The molecule has 3 fully saturated rings. The average molecular weight is 692 g/mol. The molecular formula is C39H54FN5O3S. The van der Waals surface area contributed by atoms with E-state index in [4.69, 9.17) is 0 Å². The number of carbonyl (C=O) groups excluding carboxylic acids is 3. The third-order valence-corrected chi connectivity index (χ3v) is 12.5. The first-order chi connectivity index (χ1) is 23.4. The van der Waals surface area contributed by atoms with Crippen LogP contribution in [0.5, 0.6) is 0 Å². The number of rotatable bonds is 8. The van der Waals surface area contributed by atoms with E-state index in [0.717, 1.165) is 61.2 Å². The first-order valence-electron chi connectivity index (χ1n) is 18.3. The molecule has 10 heteroatoms. The maximum absolute atomic E-state index is 15.8. The van der Waals surface area contributed by atoms with Gasteiger partial charge in [0.05, 0.1) is 5.25 Å². The van der Waals surface area contributed by atoms with Crippen molar-refractivity contribution < 1.29 is 18.8 Å². The monoisotopic (exact) mass is 691 g/mol. The van der Waals surface area contributed by atoms with E-state index in [2.05, 4.69) is 50.9 Å². The second-order valence-electron chi connectivity index (χ2n) is 15.8. The van der Waals surface area contributed by atoms with Crippen LogP contribution in [0.15, 0.2) is 42.5 Å². The number of halogens is 1. The van der Waals surface area contributed by atoms with Crippen LogP contribution in [0.1, 0.15) is 101 Å². The normalized spacial score (nSPS) is 23.2. The third kappa shape index (κ3) is 8.11. The summed E-state index contributed by atoms with van der Waals surface area (Å²) >= 11 is 1.53. The highest BCUT2D eigenvalue weighted by Crippen LogP contribution is 2.48. The van der Waals surface area contributed by atoms with Crippen LogP contribution in [-0.4, -0.2) is 94.0 Å². The van der Waals surface area contributed by atoms with Gasteiger partial charge in [-0.3, -0.25) is 9.59 Å². The molecule has 1 N–H and O–H groups in total. The summed E-state index contributed by atoms with van der Waals surface area (Å²) in [6, 6.07) is 13.7. The Morgan fingerprint density at radius 2 is 1.67 bits per heavy atom. The molecule has 4 aliphatic heterocycles. The van der Waals surface area contributed by atoms with Crippen molar-refractivity contribution in [3.05, 3.63) is 65.0 Å². The van der Waals surface area contributed by atoms with Gasteiger partial charge in [0, 0.05) is 50.4 Å². The van der Waals surface area contributed by atoms with Gasteiger partial charge in [-0.15, -0.1) is 11.8 Å². The van der Waals surface area contributed by atoms with E-state index in [1.54, 1.807) is 12.1 Å². The number of nitrogens with one attached hydrogen (secondary N) is 1. The Bertz CT molecular complexity index is 1510. The zero-order valence-electron chi connectivity index (χ0n) is 29.9. The highest BCUT2D eigenvalue weighted by Gasteiger charge is 2.44. The molecule has 4 amide bonds. The molecule has 0 aromatic heterocycles. The van der Waals surface area contributed by atoms with E-state index in [0.29, 0.717) is 45.1 Å². The Balaban J connectivity index is 1.13. The Labute approximate surface area is 296 Å². The molecule has 266 valence electrons. The summed E-state index contributed by atoms with van der Waals surface area (Å²) in [5, 5.41) is 2.24. The number of hydrogen-bond donors (Lipinski definition) is 1. The zero-order valence-corrected chi connectivity index (χ0v) is 30.7. The molecule has 8 nitrogen and oxygen atoms in total. The summed E-state index contributed by atoms with van der Waals surface area (Å²) in [6.07, 6.45) is 4.96. The predicted molar refractivity (Wildman–Crippen MR) is 195 cm³/mol. The standard InChI is InChI=1S/C39H54FN5O3S/c1-26(2)42-19-13-28(14-20-42)35-30(10-8-11-31(35)40)37-45(24-18-39(3,4)5)36(47)33(49-37)25-34(46)43-21-16-29(17-22-43)44-23-15-27-9-6-7-12-32(27)41-38(44)48/h6-12,26,28-29,33,37H,13-25H2,1-5H3,(H,41,48)/t33-,37+/m0/s1. The lowest BCUT2D eigenvalue weighted by molar-refractivity contribution is -0.137. The van der Waals surface area contributed by atoms with E-state index in [-0.39, 0.29) is 52.8 Å². The van der Waals surface area contributed by atoms with Crippen LogP contribution in [0.4, 0.5) is 14.9 Å². The van der Waals surface area contributed by atoms with Crippen LogP contribution >= 0.6 is 11.8 Å². The Morgan fingerprint density at radius 3 is 2.37 bits per heavy atom. The van der Waals surface area contributed by atoms with E-state index >= 15 is 4.39 Å². The number of amides is 4. The second-order valence-corrected chi connectivity index (χ2v) is 17.1. The third-order valence-electron chi connectivity index (χ3n) is 11.0. The molecule has 2 aromatic carbocycles. The SMILES string of the molecule is CC(C)N1CCC(c2c(F)cccc2[C@H]2S[C@@H](CC(=O)N3CCC(N4CCc5ccccc5NC4=O)CC3)C(=O)N2CCC(C)(C)C)CC1. The number of hydrogen-bond acceptors (Lipinski definition) is 5. The summed E-state index contributed by atoms with van der Waals surface area (Å²) in [6.45, 7) is 15.1. The van der Waals surface area contributed by atoms with Crippen LogP contribution in [0.25, 0.3) is 0 Å². The van der Waals surface area contributed by atoms with Crippen molar-refractivity contribution in [1.29, 1.82) is 0 Å². The van der Waals surface area contributed by atoms with Gasteiger partial charge in [0.2, 0.25) is 11.8 Å². The van der Waals surface area contributed by atoms with Gasteiger partial charge in [0.25, 0.3) is 0 Å². The lowest BCUT2D eigenvalue weighted by Crippen LogP contribution is -2.50. The van der Waals surface area contributed by atoms with Gasteiger partial charge in [-0.2, -0.15) is 0 Å². The van der Waals surface area contributed by atoms with E-state index in [1.165, 1.54) is 11.8 Å². The number of carbonyl (C=O) groups is 3. The van der Waals surface area contributed by atoms with Gasteiger partial charge in [0.15, 0.2) is 0 Å². The fraction of sp³-hybridized carbons (Fsp3) is 0.615. The van der Waals surface area contributed by atoms with E-state index < -0.39 is 5.25 Å². The molecule has 0 aliphatic carbocycles. The van der Waals surface area contributed by atoms with Crippen molar-refractivity contribution in [3.63, 3.8) is 0 Å². The Kier molecular flexibility index (Phi) is 10.9. The van der Waals surface area contributed by atoms with Gasteiger partial charge >= 0.3 is 6.03 Å². The van der Waals surface area contributed by atoms with Gasteiger partial charge in [-0.05, 0) is 106 Å². The summed E-state index contributed by atoms with van der Waals surface area (Å²) in [5.74, 6) is -0.121. The molecule has 4 heterocycles. The van der Waals surface area contributed by atoms with Gasteiger partial charge in [0.1, 0.15) is 11.2 Å². The lowest BCUT2D eigenvalue weighted by atomic mass is 9.85. The molecule has 6 rings (SSSR count). The number of urea groups is 1. The van der Waals surface area contributed by atoms with Gasteiger partial charge in [-0.1, -0.05) is 51.1 Å². The summed E-state index contributed by atoms with van der Waals surface area (Å²) in [5.41, 5.74) is 3.69. The van der Waals surface area contributed by atoms with Crippen molar-refractivity contribution in [2.75, 3.05) is 44.6 Å². The molecule has 0 bridgehead atoms. The minimum absolute atomic E-state index is 0.0195. The largest absolute Gasteiger partial charge is 0.342 e. The number of thioether (sulfide) groups is 1. The Hall–Kier alpha value is -3.11. The smallest absolute Gasteiger partial charge is 0.322 e. The maximum atomic E-state index is 15.8. The predicted octanol–water partition coefficient (Wildman–Crippen LogP) is 7.26. The van der Waals surface area contributed by atoms with Crippen molar-refractivity contribution in [1.82, 2.24) is 19.6 Å².